The summed E-state index contributed by atoms with van der Waals surface area (Å²) in [5.74, 6) is 0.418. The van der Waals surface area contributed by atoms with Gasteiger partial charge < -0.3 is 0 Å². The third-order valence-electron chi connectivity index (χ3n) is 3.43. The summed E-state index contributed by atoms with van der Waals surface area (Å²) >= 11 is 0. The lowest BCUT2D eigenvalue weighted by Crippen LogP contribution is -2.39. The molecule has 0 bridgehead atoms. The summed E-state index contributed by atoms with van der Waals surface area (Å²) < 4.78 is 36.5. The largest absolute Gasteiger partial charge is 0.401 e. The van der Waals surface area contributed by atoms with Crippen LogP contribution in [0.25, 0.3) is 0 Å². The first-order chi connectivity index (χ1) is 7.81. The standard InChI is InChI=1S/C12H20F3NO/c1-3-9-4-5-11(17)10(6-9)7-16(2)8-12(13,14)15/h9-10H,3-8H2,1-2H3. The van der Waals surface area contributed by atoms with Gasteiger partial charge in [-0.1, -0.05) is 13.3 Å². The molecule has 1 saturated carbocycles. The second-order valence-corrected chi connectivity index (χ2v) is 5.02. The van der Waals surface area contributed by atoms with Gasteiger partial charge in [0.2, 0.25) is 0 Å². The van der Waals surface area contributed by atoms with E-state index in [0.717, 1.165) is 19.3 Å². The molecule has 1 aliphatic carbocycles. The van der Waals surface area contributed by atoms with Crippen molar-refractivity contribution in [2.75, 3.05) is 20.1 Å². The Kier molecular flexibility index (Phi) is 4.98. The Hall–Kier alpha value is -0.580. The molecule has 1 aliphatic rings. The molecule has 5 heteroatoms. The van der Waals surface area contributed by atoms with Gasteiger partial charge in [0.15, 0.2) is 0 Å². The quantitative estimate of drug-likeness (QED) is 0.765. The molecule has 2 unspecified atom stereocenters. The molecule has 0 heterocycles. The van der Waals surface area contributed by atoms with E-state index in [1.165, 1.54) is 11.9 Å². The number of halogens is 3. The summed E-state index contributed by atoms with van der Waals surface area (Å²) in [6.45, 7) is 1.36. The molecule has 0 amide bonds. The number of hydrogen-bond donors (Lipinski definition) is 0. The molecule has 0 saturated heterocycles. The van der Waals surface area contributed by atoms with Crippen molar-refractivity contribution in [2.24, 2.45) is 11.8 Å². The Balaban J connectivity index is 2.45. The molecule has 0 aromatic carbocycles. The van der Waals surface area contributed by atoms with E-state index in [1.807, 2.05) is 0 Å². The summed E-state index contributed by atoms with van der Waals surface area (Å²) in [6, 6.07) is 0. The molecule has 100 valence electrons. The van der Waals surface area contributed by atoms with Gasteiger partial charge in [0.1, 0.15) is 5.78 Å². The summed E-state index contributed by atoms with van der Waals surface area (Å²) in [6.07, 6.45) is -1.00. The minimum Gasteiger partial charge on any atom is -0.299 e. The Morgan fingerprint density at radius 1 is 1.41 bits per heavy atom. The van der Waals surface area contributed by atoms with E-state index in [-0.39, 0.29) is 18.2 Å². The van der Waals surface area contributed by atoms with Crippen LogP contribution in [0.1, 0.15) is 32.6 Å². The number of hydrogen-bond acceptors (Lipinski definition) is 2. The summed E-state index contributed by atoms with van der Waals surface area (Å²) in [5.41, 5.74) is 0. The minimum atomic E-state index is -4.18. The zero-order chi connectivity index (χ0) is 13.1. The molecule has 0 aromatic rings. The van der Waals surface area contributed by atoms with Crippen LogP contribution in [0.15, 0.2) is 0 Å². The molecule has 0 spiro atoms. The van der Waals surface area contributed by atoms with Crippen molar-refractivity contribution in [1.29, 1.82) is 0 Å². The van der Waals surface area contributed by atoms with Crippen LogP contribution in [-0.4, -0.2) is 37.0 Å². The molecule has 2 atom stereocenters. The maximum absolute atomic E-state index is 12.2. The number of Topliss-reactive ketones (excluding diaryl/α,β-unsaturated/α-hetero) is 1. The number of alkyl halides is 3. The molecule has 0 N–H and O–H groups in total. The van der Waals surface area contributed by atoms with E-state index in [4.69, 9.17) is 0 Å². The van der Waals surface area contributed by atoms with Gasteiger partial charge >= 0.3 is 6.18 Å². The van der Waals surface area contributed by atoms with Crippen molar-refractivity contribution in [3.8, 4) is 0 Å². The van der Waals surface area contributed by atoms with Crippen molar-refractivity contribution in [1.82, 2.24) is 4.90 Å². The number of rotatable bonds is 4. The Labute approximate surface area is 100 Å². The highest BCUT2D eigenvalue weighted by Gasteiger charge is 2.33. The lowest BCUT2D eigenvalue weighted by atomic mass is 9.79. The van der Waals surface area contributed by atoms with Crippen LogP contribution in [0, 0.1) is 11.8 Å². The van der Waals surface area contributed by atoms with Gasteiger partial charge in [-0.15, -0.1) is 0 Å². The molecule has 2 nitrogen and oxygen atoms in total. The summed E-state index contributed by atoms with van der Waals surface area (Å²) in [4.78, 5) is 12.9. The first-order valence-corrected chi connectivity index (χ1v) is 6.09. The molecule has 1 fully saturated rings. The monoisotopic (exact) mass is 251 g/mol. The van der Waals surface area contributed by atoms with Crippen LogP contribution in [0.3, 0.4) is 0 Å². The number of carbonyl (C=O) groups is 1. The van der Waals surface area contributed by atoms with Crippen LogP contribution in [0.4, 0.5) is 13.2 Å². The molecule has 17 heavy (non-hydrogen) atoms. The van der Waals surface area contributed by atoms with Crippen LogP contribution in [0.5, 0.6) is 0 Å². The highest BCUT2D eigenvalue weighted by atomic mass is 19.4. The summed E-state index contributed by atoms with van der Waals surface area (Å²) in [5, 5.41) is 0. The maximum Gasteiger partial charge on any atom is 0.401 e. The first-order valence-electron chi connectivity index (χ1n) is 6.09. The fraction of sp³-hybridized carbons (Fsp3) is 0.917. The molecule has 0 aromatic heterocycles. The zero-order valence-corrected chi connectivity index (χ0v) is 10.4. The van der Waals surface area contributed by atoms with Crippen LogP contribution in [0.2, 0.25) is 0 Å². The van der Waals surface area contributed by atoms with Crippen molar-refractivity contribution in [3.05, 3.63) is 0 Å². The van der Waals surface area contributed by atoms with E-state index >= 15 is 0 Å². The average Bonchev–Trinajstić information content (AvgIpc) is 2.18. The fourth-order valence-electron chi connectivity index (χ4n) is 2.50. The number of ketones is 1. The van der Waals surface area contributed by atoms with Crippen molar-refractivity contribution >= 4 is 5.78 Å². The van der Waals surface area contributed by atoms with Crippen molar-refractivity contribution < 1.29 is 18.0 Å². The Morgan fingerprint density at radius 3 is 2.59 bits per heavy atom. The molecule has 0 radical (unpaired) electrons. The van der Waals surface area contributed by atoms with E-state index in [0.29, 0.717) is 12.3 Å². The highest BCUT2D eigenvalue weighted by molar-refractivity contribution is 5.81. The van der Waals surface area contributed by atoms with Gasteiger partial charge in [0.05, 0.1) is 6.54 Å². The summed E-state index contributed by atoms with van der Waals surface area (Å²) in [7, 11) is 1.43. The maximum atomic E-state index is 12.2. The molecular weight excluding hydrogens is 231 g/mol. The van der Waals surface area contributed by atoms with E-state index in [1.54, 1.807) is 0 Å². The van der Waals surface area contributed by atoms with Gasteiger partial charge in [-0.3, -0.25) is 9.69 Å². The number of carbonyl (C=O) groups excluding carboxylic acids is 1. The minimum absolute atomic E-state index is 0.128. The van der Waals surface area contributed by atoms with Crippen LogP contribution < -0.4 is 0 Å². The lowest BCUT2D eigenvalue weighted by molar-refractivity contribution is -0.147. The van der Waals surface area contributed by atoms with Gasteiger partial charge in [-0.2, -0.15) is 13.2 Å². The normalized spacial score (nSPS) is 26.6. The molecular formula is C12H20F3NO. The zero-order valence-electron chi connectivity index (χ0n) is 10.4. The smallest absolute Gasteiger partial charge is 0.299 e. The second kappa shape index (κ2) is 5.85. The number of nitrogens with zero attached hydrogens (tertiary/aromatic N) is 1. The fourth-order valence-corrected chi connectivity index (χ4v) is 2.50. The van der Waals surface area contributed by atoms with Crippen LogP contribution in [-0.2, 0) is 4.79 Å². The first kappa shape index (κ1) is 14.5. The molecule has 0 aliphatic heterocycles. The second-order valence-electron chi connectivity index (χ2n) is 5.02. The third-order valence-corrected chi connectivity index (χ3v) is 3.43. The van der Waals surface area contributed by atoms with E-state index in [2.05, 4.69) is 6.92 Å². The van der Waals surface area contributed by atoms with E-state index in [9.17, 15) is 18.0 Å². The van der Waals surface area contributed by atoms with Gasteiger partial charge in [0, 0.05) is 18.9 Å². The Bertz CT molecular complexity index is 265. The average molecular weight is 251 g/mol. The molecule has 1 rings (SSSR count). The predicted molar refractivity (Wildman–Crippen MR) is 59.7 cm³/mol. The van der Waals surface area contributed by atoms with Gasteiger partial charge in [-0.05, 0) is 25.8 Å². The SMILES string of the molecule is CCC1CCC(=O)C(CN(C)CC(F)(F)F)C1. The predicted octanol–water partition coefficient (Wildman–Crippen LogP) is 2.88. The topological polar surface area (TPSA) is 20.3 Å². The highest BCUT2D eigenvalue weighted by Crippen LogP contribution is 2.29. The van der Waals surface area contributed by atoms with Crippen molar-refractivity contribution in [2.45, 2.75) is 38.8 Å². The third kappa shape index (κ3) is 5.06. The van der Waals surface area contributed by atoms with Crippen molar-refractivity contribution in [3.63, 3.8) is 0 Å². The van der Waals surface area contributed by atoms with Crippen LogP contribution >= 0.6 is 0 Å². The Morgan fingerprint density at radius 2 is 2.06 bits per heavy atom. The lowest BCUT2D eigenvalue weighted by Gasteiger charge is -2.30. The van der Waals surface area contributed by atoms with E-state index < -0.39 is 12.7 Å². The van der Waals surface area contributed by atoms with Gasteiger partial charge in [-0.25, -0.2) is 0 Å². The van der Waals surface area contributed by atoms with Gasteiger partial charge in [0.25, 0.3) is 0 Å².